The van der Waals surface area contributed by atoms with Crippen molar-refractivity contribution in [1.82, 2.24) is 44.5 Å². The molecule has 0 unspecified atom stereocenters. The molecule has 1 fully saturated rings. The van der Waals surface area contributed by atoms with Crippen molar-refractivity contribution >= 4 is 57.5 Å². The van der Waals surface area contributed by atoms with Crippen LogP contribution in [0.4, 0.5) is 0 Å². The van der Waals surface area contributed by atoms with Crippen molar-refractivity contribution in [3.8, 4) is 22.9 Å². The third-order valence-electron chi connectivity index (χ3n) is 10.6. The number of ether oxygens (including phenoxy) is 2. The summed E-state index contributed by atoms with van der Waals surface area (Å²) >= 11 is 0. The summed E-state index contributed by atoms with van der Waals surface area (Å²) in [4.78, 5) is 30.2. The second-order valence-corrected chi connectivity index (χ2v) is 14.5. The first-order chi connectivity index (χ1) is 28.0. The van der Waals surface area contributed by atoms with E-state index in [1.54, 1.807) is 7.11 Å². The molecule has 0 spiro atoms. The van der Waals surface area contributed by atoms with Crippen molar-refractivity contribution in [2.45, 2.75) is 32.7 Å². The number of methoxy groups -OCH3 is 1. The zero-order valence-corrected chi connectivity index (χ0v) is 34.3. The van der Waals surface area contributed by atoms with Gasteiger partial charge in [-0.15, -0.1) is 35.0 Å². The summed E-state index contributed by atoms with van der Waals surface area (Å²) in [5.41, 5.74) is 5.98. The van der Waals surface area contributed by atoms with Crippen LogP contribution in [-0.2, 0) is 26.2 Å². The minimum Gasteiger partial charge on any atom is -0.497 e. The van der Waals surface area contributed by atoms with E-state index in [0.717, 1.165) is 90.0 Å². The minimum atomic E-state index is -0.141. The Balaban J connectivity index is 0.00000264. The van der Waals surface area contributed by atoms with Crippen LogP contribution in [0.1, 0.15) is 23.4 Å². The summed E-state index contributed by atoms with van der Waals surface area (Å²) < 4.78 is 13.5. The topological polar surface area (TPSA) is 116 Å². The van der Waals surface area contributed by atoms with Crippen LogP contribution in [0.25, 0.3) is 44.1 Å². The third-order valence-corrected chi connectivity index (χ3v) is 10.6. The molecule has 0 N–H and O–H groups in total. The van der Waals surface area contributed by atoms with Crippen LogP contribution in [0.5, 0.6) is 11.5 Å². The number of aromatic nitrogens is 7. The SMILES string of the molecule is COc1ccc2c(c1)cc(-c1nnn(Cc3cccc(OCc4ccc5ccccc5n4)c3)n1)c(=O)n2CCCN1CCN(Cc2ccc3ccccc3n2)CC1.Cl.Cl. The number of piperazine rings is 1. The van der Waals surface area contributed by atoms with Crippen molar-refractivity contribution in [3.05, 3.63) is 149 Å². The van der Waals surface area contributed by atoms with Crippen molar-refractivity contribution in [2.24, 2.45) is 0 Å². The number of nitrogens with zero attached hydrogens (tertiary/aromatic N) is 9. The van der Waals surface area contributed by atoms with Gasteiger partial charge in [0.15, 0.2) is 0 Å². The van der Waals surface area contributed by atoms with Gasteiger partial charge in [-0.1, -0.05) is 60.7 Å². The van der Waals surface area contributed by atoms with E-state index in [4.69, 9.17) is 19.4 Å². The summed E-state index contributed by atoms with van der Waals surface area (Å²) in [5, 5.41) is 16.5. The number of tetrazole rings is 1. The molecular weight excluding hydrogens is 785 g/mol. The van der Waals surface area contributed by atoms with Crippen LogP contribution >= 0.6 is 24.8 Å². The normalized spacial score (nSPS) is 13.3. The first-order valence-electron chi connectivity index (χ1n) is 19.4. The van der Waals surface area contributed by atoms with E-state index in [9.17, 15) is 4.79 Å². The van der Waals surface area contributed by atoms with Gasteiger partial charge in [-0.2, -0.15) is 4.80 Å². The molecule has 1 aliphatic heterocycles. The fourth-order valence-electron chi connectivity index (χ4n) is 7.58. The highest BCUT2D eigenvalue weighted by Crippen LogP contribution is 2.24. The van der Waals surface area contributed by atoms with Gasteiger partial charge in [0.25, 0.3) is 5.56 Å². The van der Waals surface area contributed by atoms with Crippen molar-refractivity contribution in [1.29, 1.82) is 0 Å². The second kappa shape index (κ2) is 18.8. The van der Waals surface area contributed by atoms with Crippen LogP contribution in [0, 0.1) is 0 Å². The molecule has 0 radical (unpaired) electrons. The molecule has 302 valence electrons. The molecule has 4 aromatic carbocycles. The number of benzene rings is 4. The molecular formula is C45H45Cl2N9O3. The third kappa shape index (κ3) is 9.53. The predicted octanol–water partition coefficient (Wildman–Crippen LogP) is 7.44. The molecule has 8 aromatic rings. The van der Waals surface area contributed by atoms with Crippen molar-refractivity contribution in [3.63, 3.8) is 0 Å². The highest BCUT2D eigenvalue weighted by Gasteiger charge is 2.19. The summed E-state index contributed by atoms with van der Waals surface area (Å²) in [7, 11) is 1.64. The van der Waals surface area contributed by atoms with Crippen molar-refractivity contribution < 1.29 is 9.47 Å². The maximum atomic E-state index is 14.2. The molecule has 12 nitrogen and oxygen atoms in total. The Morgan fingerprint density at radius 3 is 2.12 bits per heavy atom. The lowest BCUT2D eigenvalue weighted by Gasteiger charge is -2.34. The van der Waals surface area contributed by atoms with Crippen LogP contribution in [0.3, 0.4) is 0 Å². The van der Waals surface area contributed by atoms with Crippen LogP contribution < -0.4 is 15.0 Å². The van der Waals surface area contributed by atoms with Gasteiger partial charge in [-0.05, 0) is 84.4 Å². The largest absolute Gasteiger partial charge is 0.497 e. The molecule has 0 saturated carbocycles. The lowest BCUT2D eigenvalue weighted by Crippen LogP contribution is -2.46. The van der Waals surface area contributed by atoms with Gasteiger partial charge in [0.2, 0.25) is 5.82 Å². The van der Waals surface area contributed by atoms with Gasteiger partial charge in [0.1, 0.15) is 18.1 Å². The molecule has 0 atom stereocenters. The molecule has 14 heteroatoms. The summed E-state index contributed by atoms with van der Waals surface area (Å²) in [5.74, 6) is 1.71. The summed E-state index contributed by atoms with van der Waals surface area (Å²) in [6, 6.07) is 40.1. The van der Waals surface area contributed by atoms with E-state index in [-0.39, 0.29) is 36.2 Å². The predicted molar refractivity (Wildman–Crippen MR) is 236 cm³/mol. The standard InChI is InChI=1S/C45H43N9O3.2ClH/c1-56-38-18-19-43-35(27-38)28-40(45(55)53(43)21-7-20-51-22-24-52(25-23-51)30-36-16-14-33-9-2-4-12-41(33)46-36)44-48-50-54(49-44)29-32-8-6-11-39(26-32)57-31-37-17-15-34-10-3-5-13-42(34)47-37;;/h2-6,8-19,26-28H,7,20-25,29-31H2,1H3;2*1H. The zero-order valence-electron chi connectivity index (χ0n) is 32.7. The van der Waals surface area contributed by atoms with E-state index in [1.165, 1.54) is 10.2 Å². The number of pyridine rings is 3. The average Bonchev–Trinajstić information content (AvgIpc) is 3.72. The average molecular weight is 831 g/mol. The number of aryl methyl sites for hydroxylation is 1. The van der Waals surface area contributed by atoms with Crippen LogP contribution in [0.2, 0.25) is 0 Å². The Morgan fingerprint density at radius 1 is 0.644 bits per heavy atom. The van der Waals surface area contributed by atoms with E-state index in [1.807, 2.05) is 95.6 Å². The highest BCUT2D eigenvalue weighted by atomic mass is 35.5. The van der Waals surface area contributed by atoms with E-state index in [2.05, 4.69) is 55.5 Å². The van der Waals surface area contributed by atoms with Gasteiger partial charge in [0.05, 0.1) is 47.2 Å². The first kappa shape index (κ1) is 41.2. The number of fused-ring (bicyclic) bond motifs is 3. The monoisotopic (exact) mass is 829 g/mol. The molecule has 5 heterocycles. The smallest absolute Gasteiger partial charge is 0.262 e. The van der Waals surface area contributed by atoms with Gasteiger partial charge in [0, 0.05) is 55.4 Å². The number of hydrogen-bond acceptors (Lipinski definition) is 10. The highest BCUT2D eigenvalue weighted by molar-refractivity contribution is 5.86. The lowest BCUT2D eigenvalue weighted by molar-refractivity contribution is 0.124. The molecule has 1 saturated heterocycles. The molecule has 59 heavy (non-hydrogen) atoms. The van der Waals surface area contributed by atoms with E-state index >= 15 is 0 Å². The fourth-order valence-corrected chi connectivity index (χ4v) is 7.58. The lowest BCUT2D eigenvalue weighted by atomic mass is 10.1. The maximum Gasteiger partial charge on any atom is 0.262 e. The Kier molecular flexibility index (Phi) is 13.1. The fraction of sp³-hybridized carbons (Fsp3) is 0.244. The van der Waals surface area contributed by atoms with E-state index < -0.39 is 0 Å². The van der Waals surface area contributed by atoms with Crippen LogP contribution in [0.15, 0.2) is 126 Å². The van der Waals surface area contributed by atoms with E-state index in [0.29, 0.717) is 36.8 Å². The number of hydrogen-bond donors (Lipinski definition) is 0. The molecule has 0 amide bonds. The summed E-state index contributed by atoms with van der Waals surface area (Å²) in [6.45, 7) is 6.93. The van der Waals surface area contributed by atoms with Gasteiger partial charge >= 0.3 is 0 Å². The molecule has 0 bridgehead atoms. The zero-order chi connectivity index (χ0) is 38.6. The van der Waals surface area contributed by atoms with Gasteiger partial charge in [-0.25, -0.2) is 4.98 Å². The molecule has 0 aliphatic carbocycles. The van der Waals surface area contributed by atoms with Crippen molar-refractivity contribution in [2.75, 3.05) is 39.8 Å². The Hall–Kier alpha value is -5.92. The second-order valence-electron chi connectivity index (χ2n) is 14.5. The quantitative estimate of drug-likeness (QED) is 0.116. The Morgan fingerprint density at radius 2 is 1.36 bits per heavy atom. The summed E-state index contributed by atoms with van der Waals surface area (Å²) in [6.07, 6.45) is 0.826. The molecule has 9 rings (SSSR count). The number of halogens is 2. The minimum absolute atomic E-state index is 0. The molecule has 4 aromatic heterocycles. The first-order valence-corrected chi connectivity index (χ1v) is 19.4. The van der Waals surface area contributed by atoms with Gasteiger partial charge < -0.3 is 18.9 Å². The van der Waals surface area contributed by atoms with Gasteiger partial charge in [-0.3, -0.25) is 14.7 Å². The number of rotatable bonds is 13. The maximum absolute atomic E-state index is 14.2. The molecule has 1 aliphatic rings. The Labute approximate surface area is 354 Å². The van der Waals surface area contributed by atoms with Crippen LogP contribution in [-0.4, -0.2) is 84.4 Å². The number of para-hydroxylation sites is 2. The Bertz CT molecular complexity index is 2750.